The van der Waals surface area contributed by atoms with Crippen molar-refractivity contribution in [1.29, 1.82) is 0 Å². The highest BCUT2D eigenvalue weighted by atomic mass is 79.9. The number of phenolic OH excluding ortho intramolecular Hbond substituents is 1. The van der Waals surface area contributed by atoms with Crippen molar-refractivity contribution in [2.45, 2.75) is 6.61 Å². The summed E-state index contributed by atoms with van der Waals surface area (Å²) < 4.78 is 6.43. The van der Waals surface area contributed by atoms with Crippen LogP contribution in [0.5, 0.6) is 11.5 Å². The Morgan fingerprint density at radius 2 is 2.03 bits per heavy atom. The third kappa shape index (κ3) is 3.86. The number of likely N-dealkylation sites (N-methyl/N-ethyl adjacent to an activating group) is 1. The van der Waals surface area contributed by atoms with E-state index in [1.807, 2.05) is 24.3 Å². The topological polar surface area (TPSA) is 79.7 Å². The summed E-state index contributed by atoms with van der Waals surface area (Å²) in [6.45, 7) is 0.217. The van der Waals surface area contributed by atoms with Gasteiger partial charge in [0.25, 0.3) is 11.1 Å². The van der Waals surface area contributed by atoms with Crippen molar-refractivity contribution in [2.24, 2.45) is 0 Å². The van der Waals surface area contributed by atoms with Gasteiger partial charge in [0, 0.05) is 34.9 Å². The van der Waals surface area contributed by atoms with Gasteiger partial charge in [-0.15, -0.1) is 0 Å². The molecular weight excluding hydrogens is 456 g/mol. The fraction of sp³-hybridized carbons (Fsp3) is 0.0952. The van der Waals surface area contributed by atoms with Crippen molar-refractivity contribution < 1.29 is 19.4 Å². The standard InChI is InChI=1S/C21H15BrN2O4S/c1-24-20(26)19(29-21(24)27)7-13-6-18(17(25)8-16(13)22)28-11-14-10-23-9-12-4-2-3-5-15(12)14/h2-10,25H,11H2,1H3/b19-7-. The van der Waals surface area contributed by atoms with Crippen LogP contribution in [-0.2, 0) is 11.4 Å². The fourth-order valence-corrected chi connectivity index (χ4v) is 4.19. The van der Waals surface area contributed by atoms with Crippen LogP contribution in [0.25, 0.3) is 16.8 Å². The van der Waals surface area contributed by atoms with Crippen LogP contribution >= 0.6 is 27.7 Å². The number of benzene rings is 2. The predicted molar refractivity (Wildman–Crippen MR) is 116 cm³/mol. The molecule has 0 saturated carbocycles. The SMILES string of the molecule is CN1C(=O)S/C(=C\c2cc(OCc3cncc4ccccc34)c(O)cc2Br)C1=O. The van der Waals surface area contributed by atoms with Gasteiger partial charge in [0.2, 0.25) is 0 Å². The van der Waals surface area contributed by atoms with E-state index >= 15 is 0 Å². The van der Waals surface area contributed by atoms with Crippen molar-refractivity contribution in [1.82, 2.24) is 9.88 Å². The number of rotatable bonds is 4. The maximum absolute atomic E-state index is 12.1. The van der Waals surface area contributed by atoms with E-state index in [0.29, 0.717) is 14.9 Å². The predicted octanol–water partition coefficient (Wildman–Crippen LogP) is 4.95. The quantitative estimate of drug-likeness (QED) is 0.543. The molecule has 8 heteroatoms. The molecule has 1 N–H and O–H groups in total. The number of fused-ring (bicyclic) bond motifs is 1. The molecule has 1 aromatic heterocycles. The number of aromatic hydroxyl groups is 1. The number of amides is 2. The van der Waals surface area contributed by atoms with Gasteiger partial charge in [-0.25, -0.2) is 0 Å². The lowest BCUT2D eigenvalue weighted by Crippen LogP contribution is -2.22. The van der Waals surface area contributed by atoms with E-state index in [9.17, 15) is 14.7 Å². The molecule has 146 valence electrons. The maximum atomic E-state index is 12.1. The van der Waals surface area contributed by atoms with Crippen LogP contribution in [-0.4, -0.2) is 33.2 Å². The lowest BCUT2D eigenvalue weighted by atomic mass is 10.1. The molecule has 1 fully saturated rings. The molecule has 1 saturated heterocycles. The number of ether oxygens (including phenoxy) is 1. The van der Waals surface area contributed by atoms with Gasteiger partial charge >= 0.3 is 0 Å². The van der Waals surface area contributed by atoms with Gasteiger partial charge in [-0.05, 0) is 40.9 Å². The summed E-state index contributed by atoms with van der Waals surface area (Å²) >= 11 is 4.25. The Balaban J connectivity index is 1.62. The van der Waals surface area contributed by atoms with Crippen molar-refractivity contribution in [3.63, 3.8) is 0 Å². The summed E-state index contributed by atoms with van der Waals surface area (Å²) in [5.41, 5.74) is 1.51. The zero-order valence-corrected chi connectivity index (χ0v) is 17.7. The molecule has 1 aliphatic heterocycles. The first kappa shape index (κ1) is 19.5. The Kier molecular flexibility index (Phi) is 5.29. The van der Waals surface area contributed by atoms with Crippen molar-refractivity contribution >= 4 is 55.7 Å². The first-order valence-corrected chi connectivity index (χ1v) is 10.2. The van der Waals surface area contributed by atoms with Crippen LogP contribution in [0.15, 0.2) is 58.2 Å². The molecule has 6 nitrogen and oxygen atoms in total. The van der Waals surface area contributed by atoms with E-state index in [-0.39, 0.29) is 29.3 Å². The minimum Gasteiger partial charge on any atom is -0.504 e. The van der Waals surface area contributed by atoms with E-state index < -0.39 is 0 Å². The van der Waals surface area contributed by atoms with E-state index in [4.69, 9.17) is 4.74 Å². The normalized spacial score (nSPS) is 15.5. The van der Waals surface area contributed by atoms with Crippen molar-refractivity contribution in [3.8, 4) is 11.5 Å². The van der Waals surface area contributed by atoms with Gasteiger partial charge in [-0.2, -0.15) is 0 Å². The number of aromatic nitrogens is 1. The first-order valence-electron chi connectivity index (χ1n) is 8.62. The lowest BCUT2D eigenvalue weighted by Gasteiger charge is -2.12. The average molecular weight is 471 g/mol. The Labute approximate surface area is 179 Å². The van der Waals surface area contributed by atoms with Crippen LogP contribution in [0.1, 0.15) is 11.1 Å². The molecule has 2 heterocycles. The number of carbonyl (C=O) groups excluding carboxylic acids is 2. The molecule has 1 aliphatic rings. The fourth-order valence-electron chi connectivity index (χ4n) is 2.92. The Morgan fingerprint density at radius 1 is 1.24 bits per heavy atom. The van der Waals surface area contributed by atoms with Crippen LogP contribution in [0.4, 0.5) is 4.79 Å². The van der Waals surface area contributed by atoms with Crippen molar-refractivity contribution in [2.75, 3.05) is 7.05 Å². The molecule has 0 bridgehead atoms. The van der Waals surface area contributed by atoms with Crippen LogP contribution in [0.2, 0.25) is 0 Å². The van der Waals surface area contributed by atoms with Gasteiger partial charge in [0.1, 0.15) is 6.61 Å². The molecule has 4 rings (SSSR count). The van der Waals surface area contributed by atoms with Gasteiger partial charge in [0.05, 0.1) is 4.91 Å². The van der Waals surface area contributed by atoms with E-state index in [1.165, 1.54) is 13.1 Å². The first-order chi connectivity index (χ1) is 13.9. The van der Waals surface area contributed by atoms with E-state index in [0.717, 1.165) is 33.0 Å². The third-order valence-electron chi connectivity index (χ3n) is 4.49. The number of nitrogens with zero attached hydrogens (tertiary/aromatic N) is 2. The number of hydrogen-bond acceptors (Lipinski definition) is 6. The van der Waals surface area contributed by atoms with Gasteiger partial charge in [-0.3, -0.25) is 19.5 Å². The monoisotopic (exact) mass is 470 g/mol. The van der Waals surface area contributed by atoms with Gasteiger partial charge in [-0.1, -0.05) is 40.2 Å². The molecule has 2 aromatic carbocycles. The summed E-state index contributed by atoms with van der Waals surface area (Å²) in [6, 6.07) is 11.0. The van der Waals surface area contributed by atoms with Gasteiger partial charge in [0.15, 0.2) is 11.5 Å². The summed E-state index contributed by atoms with van der Waals surface area (Å²) in [6.07, 6.45) is 5.12. The number of carbonyl (C=O) groups is 2. The summed E-state index contributed by atoms with van der Waals surface area (Å²) in [5.74, 6) is -0.127. The average Bonchev–Trinajstić information content (AvgIpc) is 2.95. The molecule has 3 aromatic rings. The second kappa shape index (κ2) is 7.88. The summed E-state index contributed by atoms with van der Waals surface area (Å²) in [7, 11) is 1.44. The molecule has 0 radical (unpaired) electrons. The van der Waals surface area contributed by atoms with Gasteiger partial charge < -0.3 is 9.84 Å². The Hall–Kier alpha value is -2.84. The number of thioether (sulfide) groups is 1. The second-order valence-corrected chi connectivity index (χ2v) is 8.24. The highest BCUT2D eigenvalue weighted by molar-refractivity contribution is 9.10. The lowest BCUT2D eigenvalue weighted by molar-refractivity contribution is -0.121. The number of pyridine rings is 1. The molecule has 2 amide bonds. The summed E-state index contributed by atoms with van der Waals surface area (Å²) in [5, 5.41) is 12.0. The zero-order valence-electron chi connectivity index (χ0n) is 15.3. The molecule has 0 spiro atoms. The van der Waals surface area contributed by atoms with E-state index in [2.05, 4.69) is 20.9 Å². The Bertz CT molecular complexity index is 1170. The maximum Gasteiger partial charge on any atom is 0.293 e. The second-order valence-electron chi connectivity index (χ2n) is 6.39. The molecule has 0 aliphatic carbocycles. The molecule has 0 atom stereocenters. The summed E-state index contributed by atoms with van der Waals surface area (Å²) in [4.78, 5) is 29.4. The number of phenols is 1. The smallest absolute Gasteiger partial charge is 0.293 e. The highest BCUT2D eigenvalue weighted by Crippen LogP contribution is 2.37. The number of hydrogen-bond donors (Lipinski definition) is 1. The van der Waals surface area contributed by atoms with Crippen LogP contribution in [0.3, 0.4) is 0 Å². The molecule has 29 heavy (non-hydrogen) atoms. The zero-order chi connectivity index (χ0) is 20.5. The van der Waals surface area contributed by atoms with Crippen LogP contribution in [0, 0.1) is 0 Å². The van der Waals surface area contributed by atoms with E-state index in [1.54, 1.807) is 24.5 Å². The molecule has 0 unspecified atom stereocenters. The Morgan fingerprint density at radius 3 is 2.79 bits per heavy atom. The number of halogens is 1. The minimum absolute atomic E-state index is 0.0363. The highest BCUT2D eigenvalue weighted by Gasteiger charge is 2.32. The third-order valence-corrected chi connectivity index (χ3v) is 6.13. The minimum atomic E-state index is -0.357. The number of imide groups is 1. The largest absolute Gasteiger partial charge is 0.504 e. The van der Waals surface area contributed by atoms with Crippen molar-refractivity contribution in [3.05, 3.63) is 69.3 Å². The molecular formula is C21H15BrN2O4S. The van der Waals surface area contributed by atoms with Crippen LogP contribution < -0.4 is 4.74 Å².